The highest BCUT2D eigenvalue weighted by molar-refractivity contribution is 5.50. The van der Waals surface area contributed by atoms with Gasteiger partial charge in [0.1, 0.15) is 0 Å². The van der Waals surface area contributed by atoms with Gasteiger partial charge in [0, 0.05) is 6.42 Å². The van der Waals surface area contributed by atoms with Gasteiger partial charge in [-0.25, -0.2) is 0 Å². The lowest BCUT2D eigenvalue weighted by molar-refractivity contribution is 0.542. The fourth-order valence-corrected chi connectivity index (χ4v) is 0.142. The first-order valence-corrected chi connectivity index (χ1v) is 1.95. The van der Waals surface area contributed by atoms with Gasteiger partial charge in [-0.2, -0.15) is 0 Å². The summed E-state index contributed by atoms with van der Waals surface area (Å²) in [7, 11) is 0. The topological polar surface area (TPSA) is 17.1 Å². The van der Waals surface area contributed by atoms with Crippen LogP contribution in [0.3, 0.4) is 0 Å². The van der Waals surface area contributed by atoms with Crippen LogP contribution >= 0.6 is 0 Å². The van der Waals surface area contributed by atoms with E-state index in [0.29, 0.717) is 6.42 Å². The Kier molecular flexibility index (Phi) is 2.73. The van der Waals surface area contributed by atoms with Crippen LogP contribution in [0.1, 0.15) is 13.3 Å². The van der Waals surface area contributed by atoms with Crippen molar-refractivity contribution < 1.29 is 4.79 Å². The molecule has 0 N–H and O–H groups in total. The molecule has 0 aromatic rings. The molecule has 1 nitrogen and oxygen atoms in total. The minimum absolute atomic E-state index is 0.225. The molecular formula is C5H8O. The maximum absolute atomic E-state index is 9.45. The maximum atomic E-state index is 9.45. The molecule has 1 atom stereocenters. The SMILES string of the molecule is [CH2]C(C)C[C]=O. The molecule has 6 heavy (non-hydrogen) atoms. The van der Waals surface area contributed by atoms with E-state index in [1.807, 2.05) is 6.92 Å². The second kappa shape index (κ2) is 2.88. The third-order valence-electron chi connectivity index (χ3n) is 0.432. The molecule has 0 saturated heterocycles. The average molecular weight is 84.1 g/mol. The van der Waals surface area contributed by atoms with Gasteiger partial charge in [-0.1, -0.05) is 13.8 Å². The Hall–Kier alpha value is -0.330. The third-order valence-corrected chi connectivity index (χ3v) is 0.432. The van der Waals surface area contributed by atoms with Crippen molar-refractivity contribution in [2.24, 2.45) is 5.92 Å². The molecule has 0 heterocycles. The van der Waals surface area contributed by atoms with Gasteiger partial charge >= 0.3 is 0 Å². The van der Waals surface area contributed by atoms with E-state index in [2.05, 4.69) is 6.92 Å². The predicted octanol–water partition coefficient (Wildman–Crippen LogP) is 0.956. The smallest absolute Gasteiger partial charge is 0.198 e. The molecular weight excluding hydrogens is 76.1 g/mol. The fourth-order valence-electron chi connectivity index (χ4n) is 0.142. The fraction of sp³-hybridized carbons (Fsp3) is 0.600. The zero-order chi connectivity index (χ0) is 4.99. The first-order valence-electron chi connectivity index (χ1n) is 1.95. The molecule has 34 valence electrons. The van der Waals surface area contributed by atoms with Crippen molar-refractivity contribution in [3.63, 3.8) is 0 Å². The number of hydrogen-bond donors (Lipinski definition) is 0. The molecule has 0 aliphatic carbocycles. The minimum atomic E-state index is 0.225. The molecule has 0 fully saturated rings. The molecule has 0 bridgehead atoms. The summed E-state index contributed by atoms with van der Waals surface area (Å²) in [5, 5.41) is 0. The minimum Gasteiger partial charge on any atom is -0.291 e. The molecule has 1 heteroatoms. The molecule has 0 aromatic carbocycles. The molecule has 2 radical (unpaired) electrons. The largest absolute Gasteiger partial charge is 0.291 e. The summed E-state index contributed by atoms with van der Waals surface area (Å²) in [6, 6.07) is 0. The van der Waals surface area contributed by atoms with Gasteiger partial charge in [0.15, 0.2) is 6.29 Å². The Labute approximate surface area is 38.4 Å². The lowest BCUT2D eigenvalue weighted by Gasteiger charge is -1.88. The third kappa shape index (κ3) is 3.67. The summed E-state index contributed by atoms with van der Waals surface area (Å²) < 4.78 is 0. The highest BCUT2D eigenvalue weighted by Gasteiger charge is 1.87. The van der Waals surface area contributed by atoms with Gasteiger partial charge < -0.3 is 0 Å². The Morgan fingerprint density at radius 2 is 2.50 bits per heavy atom. The van der Waals surface area contributed by atoms with E-state index >= 15 is 0 Å². The number of carbonyl (C=O) groups excluding carboxylic acids is 1. The summed E-state index contributed by atoms with van der Waals surface area (Å²) in [5.74, 6) is 0.225. The van der Waals surface area contributed by atoms with Crippen molar-refractivity contribution in [2.75, 3.05) is 0 Å². The standard InChI is InChI=1S/C5H8O/c1-5(2)3-4-6/h5H,1,3H2,2H3. The first-order chi connectivity index (χ1) is 2.77. The summed E-state index contributed by atoms with van der Waals surface area (Å²) in [6.07, 6.45) is 2.21. The Balaban J connectivity index is 2.81. The molecule has 1 unspecified atom stereocenters. The van der Waals surface area contributed by atoms with Crippen LogP contribution in [0.4, 0.5) is 0 Å². The van der Waals surface area contributed by atoms with E-state index in [1.165, 1.54) is 0 Å². The first kappa shape index (κ1) is 5.67. The van der Waals surface area contributed by atoms with Crippen molar-refractivity contribution in [1.29, 1.82) is 0 Å². The van der Waals surface area contributed by atoms with E-state index in [0.717, 1.165) is 0 Å². The Morgan fingerprint density at radius 3 is 2.50 bits per heavy atom. The molecule has 0 saturated carbocycles. The van der Waals surface area contributed by atoms with E-state index in [9.17, 15) is 4.79 Å². The maximum Gasteiger partial charge on any atom is 0.198 e. The lowest BCUT2D eigenvalue weighted by Crippen LogP contribution is -1.85. The van der Waals surface area contributed by atoms with Crippen LogP contribution in [0.15, 0.2) is 0 Å². The van der Waals surface area contributed by atoms with Gasteiger partial charge in [0.2, 0.25) is 0 Å². The quantitative estimate of drug-likeness (QED) is 0.487. The van der Waals surface area contributed by atoms with Crippen LogP contribution in [0.25, 0.3) is 0 Å². The van der Waals surface area contributed by atoms with Gasteiger partial charge in [-0.05, 0) is 5.92 Å². The van der Waals surface area contributed by atoms with Gasteiger partial charge in [-0.3, -0.25) is 4.79 Å². The summed E-state index contributed by atoms with van der Waals surface area (Å²) >= 11 is 0. The number of hydrogen-bond acceptors (Lipinski definition) is 1. The summed E-state index contributed by atoms with van der Waals surface area (Å²) in [6.45, 7) is 5.45. The van der Waals surface area contributed by atoms with Crippen molar-refractivity contribution in [2.45, 2.75) is 13.3 Å². The van der Waals surface area contributed by atoms with Crippen LogP contribution < -0.4 is 0 Å². The van der Waals surface area contributed by atoms with Crippen LogP contribution in [0.2, 0.25) is 0 Å². The molecule has 0 amide bonds. The van der Waals surface area contributed by atoms with Crippen molar-refractivity contribution in [1.82, 2.24) is 0 Å². The van der Waals surface area contributed by atoms with E-state index in [-0.39, 0.29) is 5.92 Å². The lowest BCUT2D eigenvalue weighted by atomic mass is 10.2. The molecule has 0 rings (SSSR count). The molecule has 0 aliphatic heterocycles. The Bertz CT molecular complexity index is 39.2. The second-order valence-corrected chi connectivity index (χ2v) is 1.45. The monoisotopic (exact) mass is 84.1 g/mol. The van der Waals surface area contributed by atoms with Crippen LogP contribution in [0.5, 0.6) is 0 Å². The zero-order valence-electron chi connectivity index (χ0n) is 3.90. The van der Waals surface area contributed by atoms with Gasteiger partial charge in [0.25, 0.3) is 0 Å². The summed E-state index contributed by atoms with van der Waals surface area (Å²) in [4.78, 5) is 9.45. The average Bonchev–Trinajstić information content (AvgIpc) is 1.35. The van der Waals surface area contributed by atoms with E-state index < -0.39 is 0 Å². The second-order valence-electron chi connectivity index (χ2n) is 1.45. The Morgan fingerprint density at radius 1 is 2.00 bits per heavy atom. The van der Waals surface area contributed by atoms with Crippen LogP contribution in [-0.2, 0) is 4.79 Å². The van der Waals surface area contributed by atoms with Gasteiger partial charge in [0.05, 0.1) is 0 Å². The van der Waals surface area contributed by atoms with Crippen molar-refractivity contribution in [3.8, 4) is 0 Å². The highest BCUT2D eigenvalue weighted by atomic mass is 16.1. The van der Waals surface area contributed by atoms with Crippen LogP contribution in [-0.4, -0.2) is 6.29 Å². The summed E-state index contributed by atoms with van der Waals surface area (Å²) in [5.41, 5.74) is 0. The highest BCUT2D eigenvalue weighted by Crippen LogP contribution is 1.91. The van der Waals surface area contributed by atoms with Crippen molar-refractivity contribution in [3.05, 3.63) is 6.92 Å². The van der Waals surface area contributed by atoms with E-state index in [1.54, 1.807) is 6.29 Å². The molecule has 0 aliphatic rings. The van der Waals surface area contributed by atoms with Crippen LogP contribution in [0, 0.1) is 12.8 Å². The van der Waals surface area contributed by atoms with Gasteiger partial charge in [-0.15, -0.1) is 0 Å². The number of rotatable bonds is 2. The molecule has 0 aromatic heterocycles. The van der Waals surface area contributed by atoms with E-state index in [4.69, 9.17) is 0 Å². The molecule has 0 spiro atoms. The predicted molar refractivity (Wildman–Crippen MR) is 24.8 cm³/mol. The zero-order valence-corrected chi connectivity index (χ0v) is 3.90. The normalized spacial score (nSPS) is 9.17. The van der Waals surface area contributed by atoms with Crippen molar-refractivity contribution >= 4 is 6.29 Å².